The molecule has 152 valence electrons. The molecule has 0 amide bonds. The molecule has 1 heterocycles. The Morgan fingerprint density at radius 2 is 2.00 bits per heavy atom. The van der Waals surface area contributed by atoms with Crippen LogP contribution in [0, 0.1) is 5.82 Å². The Balaban J connectivity index is 1.65. The monoisotopic (exact) mass is 381 g/mol. The van der Waals surface area contributed by atoms with Crippen molar-refractivity contribution in [3.63, 3.8) is 0 Å². The quantitative estimate of drug-likeness (QED) is 0.371. The minimum Gasteiger partial charge on any atom is -0.489 e. The summed E-state index contributed by atoms with van der Waals surface area (Å²) in [5.41, 5.74) is 0. The molecule has 7 heteroatoms. The fourth-order valence-corrected chi connectivity index (χ4v) is 2.72. The minimum atomic E-state index is -0.271. The van der Waals surface area contributed by atoms with Gasteiger partial charge in [0.15, 0.2) is 5.96 Å². The number of nitrogens with zero attached hydrogens (tertiary/aromatic N) is 1. The molecule has 0 aromatic heterocycles. The van der Waals surface area contributed by atoms with Gasteiger partial charge in [-0.15, -0.1) is 0 Å². The number of benzene rings is 1. The van der Waals surface area contributed by atoms with Crippen molar-refractivity contribution < 1.29 is 18.6 Å². The first kappa shape index (κ1) is 21.4. The smallest absolute Gasteiger partial charge is 0.191 e. The first-order chi connectivity index (χ1) is 13.2. The summed E-state index contributed by atoms with van der Waals surface area (Å²) < 4.78 is 29.9. The molecule has 0 bridgehead atoms. The van der Waals surface area contributed by atoms with Gasteiger partial charge in [-0.1, -0.05) is 0 Å². The van der Waals surface area contributed by atoms with Crippen molar-refractivity contribution in [2.24, 2.45) is 4.99 Å². The molecule has 1 aliphatic heterocycles. The summed E-state index contributed by atoms with van der Waals surface area (Å²) in [5.74, 6) is 1.13. The van der Waals surface area contributed by atoms with Gasteiger partial charge in [0, 0.05) is 32.9 Å². The summed E-state index contributed by atoms with van der Waals surface area (Å²) in [6.07, 6.45) is 3.13. The Morgan fingerprint density at radius 3 is 2.70 bits per heavy atom. The largest absolute Gasteiger partial charge is 0.489 e. The summed E-state index contributed by atoms with van der Waals surface area (Å²) in [5, 5.41) is 6.54. The highest BCUT2D eigenvalue weighted by Crippen LogP contribution is 2.13. The van der Waals surface area contributed by atoms with E-state index in [1.54, 1.807) is 12.1 Å². The molecule has 0 radical (unpaired) electrons. The van der Waals surface area contributed by atoms with E-state index in [1.165, 1.54) is 12.1 Å². The van der Waals surface area contributed by atoms with E-state index < -0.39 is 0 Å². The maximum absolute atomic E-state index is 12.9. The average Bonchev–Trinajstić information content (AvgIpc) is 2.68. The van der Waals surface area contributed by atoms with Crippen molar-refractivity contribution in [1.82, 2.24) is 10.6 Å². The van der Waals surface area contributed by atoms with E-state index in [9.17, 15) is 4.39 Å². The second-order valence-corrected chi connectivity index (χ2v) is 6.56. The topological polar surface area (TPSA) is 64.1 Å². The number of halogens is 1. The Hall–Kier alpha value is -1.86. The van der Waals surface area contributed by atoms with E-state index in [1.807, 2.05) is 13.8 Å². The third kappa shape index (κ3) is 9.06. The number of aliphatic imine (C=N–C) groups is 1. The molecule has 6 nitrogen and oxygen atoms in total. The number of guanidine groups is 1. The van der Waals surface area contributed by atoms with E-state index in [0.29, 0.717) is 18.4 Å². The summed E-state index contributed by atoms with van der Waals surface area (Å²) >= 11 is 0. The lowest BCUT2D eigenvalue weighted by Gasteiger charge is -2.22. The molecule has 27 heavy (non-hydrogen) atoms. The fraction of sp³-hybridized carbons (Fsp3) is 0.650. The highest BCUT2D eigenvalue weighted by Gasteiger charge is 2.13. The van der Waals surface area contributed by atoms with Gasteiger partial charge in [0.1, 0.15) is 17.7 Å². The van der Waals surface area contributed by atoms with Crippen LogP contribution in [0.1, 0.15) is 33.1 Å². The number of hydrogen-bond donors (Lipinski definition) is 2. The second kappa shape index (κ2) is 12.5. The van der Waals surface area contributed by atoms with Gasteiger partial charge in [-0.05, 0) is 57.4 Å². The Labute approximate surface area is 161 Å². The molecule has 2 rings (SSSR count). The van der Waals surface area contributed by atoms with Gasteiger partial charge >= 0.3 is 0 Å². The van der Waals surface area contributed by atoms with Gasteiger partial charge in [-0.3, -0.25) is 0 Å². The van der Waals surface area contributed by atoms with Crippen molar-refractivity contribution in [3.05, 3.63) is 30.1 Å². The van der Waals surface area contributed by atoms with Crippen LogP contribution in [-0.4, -0.2) is 57.6 Å². The lowest BCUT2D eigenvalue weighted by Crippen LogP contribution is -2.39. The number of ether oxygens (including phenoxy) is 3. The third-order valence-electron chi connectivity index (χ3n) is 4.14. The molecule has 1 unspecified atom stereocenters. The van der Waals surface area contributed by atoms with Crippen LogP contribution < -0.4 is 15.4 Å². The van der Waals surface area contributed by atoms with Crippen LogP contribution in [0.2, 0.25) is 0 Å². The van der Waals surface area contributed by atoms with E-state index in [-0.39, 0.29) is 11.9 Å². The Bertz CT molecular complexity index is 548. The van der Waals surface area contributed by atoms with Crippen molar-refractivity contribution in [1.29, 1.82) is 0 Å². The summed E-state index contributed by atoms with van der Waals surface area (Å²) in [6.45, 7) is 8.41. The molecular formula is C20H32FN3O3. The van der Waals surface area contributed by atoms with Crippen molar-refractivity contribution >= 4 is 5.96 Å². The molecular weight excluding hydrogens is 349 g/mol. The van der Waals surface area contributed by atoms with Crippen molar-refractivity contribution in [3.8, 4) is 5.75 Å². The lowest BCUT2D eigenvalue weighted by molar-refractivity contribution is -0.0320. The Kier molecular flexibility index (Phi) is 9.94. The molecule has 0 saturated carbocycles. The summed E-state index contributed by atoms with van der Waals surface area (Å²) in [4.78, 5) is 4.55. The molecule has 1 saturated heterocycles. The molecule has 0 aliphatic carbocycles. The van der Waals surface area contributed by atoms with Gasteiger partial charge in [0.2, 0.25) is 0 Å². The number of hydrogen-bond acceptors (Lipinski definition) is 4. The predicted molar refractivity (Wildman–Crippen MR) is 105 cm³/mol. The average molecular weight is 381 g/mol. The van der Waals surface area contributed by atoms with Gasteiger partial charge in [-0.25, -0.2) is 9.38 Å². The van der Waals surface area contributed by atoms with E-state index in [4.69, 9.17) is 14.2 Å². The second-order valence-electron chi connectivity index (χ2n) is 6.56. The van der Waals surface area contributed by atoms with Crippen LogP contribution in [0.25, 0.3) is 0 Å². The Morgan fingerprint density at radius 1 is 1.26 bits per heavy atom. The van der Waals surface area contributed by atoms with Crippen LogP contribution in [-0.2, 0) is 9.47 Å². The molecule has 1 aromatic rings. The lowest BCUT2D eigenvalue weighted by atomic mass is 10.1. The molecule has 1 aliphatic rings. The predicted octanol–water partition coefficient (Wildman–Crippen LogP) is 2.73. The van der Waals surface area contributed by atoms with Crippen LogP contribution in [0.15, 0.2) is 29.3 Å². The van der Waals surface area contributed by atoms with Crippen LogP contribution in [0.3, 0.4) is 0 Å². The number of nitrogens with one attached hydrogen (secondary N) is 2. The summed E-state index contributed by atoms with van der Waals surface area (Å²) in [7, 11) is 0. The highest BCUT2D eigenvalue weighted by molar-refractivity contribution is 5.79. The normalized spacial score (nSPS) is 16.8. The first-order valence-corrected chi connectivity index (χ1v) is 9.81. The van der Waals surface area contributed by atoms with Gasteiger partial charge in [0.05, 0.1) is 12.6 Å². The van der Waals surface area contributed by atoms with Crippen LogP contribution in [0.4, 0.5) is 4.39 Å². The zero-order chi connectivity index (χ0) is 19.3. The maximum atomic E-state index is 12.9. The van der Waals surface area contributed by atoms with Crippen molar-refractivity contribution in [2.45, 2.75) is 45.3 Å². The maximum Gasteiger partial charge on any atom is 0.191 e. The molecule has 1 fully saturated rings. The van der Waals surface area contributed by atoms with Gasteiger partial charge in [-0.2, -0.15) is 0 Å². The zero-order valence-corrected chi connectivity index (χ0v) is 16.4. The fourth-order valence-electron chi connectivity index (χ4n) is 2.72. The van der Waals surface area contributed by atoms with E-state index >= 15 is 0 Å². The SMILES string of the molecule is CCNC(=NCC(C)Oc1ccc(F)cc1)NCCCOC1CCOCC1. The first-order valence-electron chi connectivity index (χ1n) is 9.81. The molecule has 0 spiro atoms. The standard InChI is InChI=1S/C20H32FN3O3/c1-3-22-20(23-11-4-12-26-18-9-13-25-14-10-18)24-15-16(2)27-19-7-5-17(21)6-8-19/h5-8,16,18H,3-4,9-15H2,1-2H3,(H2,22,23,24). The van der Waals surface area contributed by atoms with Gasteiger partial charge < -0.3 is 24.8 Å². The highest BCUT2D eigenvalue weighted by atomic mass is 19.1. The molecule has 2 N–H and O–H groups in total. The van der Waals surface area contributed by atoms with Crippen LogP contribution in [0.5, 0.6) is 5.75 Å². The third-order valence-corrected chi connectivity index (χ3v) is 4.14. The number of rotatable bonds is 10. The zero-order valence-electron chi connectivity index (χ0n) is 16.4. The van der Waals surface area contributed by atoms with Gasteiger partial charge in [0.25, 0.3) is 0 Å². The van der Waals surface area contributed by atoms with E-state index in [0.717, 1.165) is 58.1 Å². The van der Waals surface area contributed by atoms with Crippen LogP contribution >= 0.6 is 0 Å². The minimum absolute atomic E-state index is 0.109. The molecule has 1 atom stereocenters. The van der Waals surface area contributed by atoms with E-state index in [2.05, 4.69) is 15.6 Å². The summed E-state index contributed by atoms with van der Waals surface area (Å²) in [6, 6.07) is 6.02. The van der Waals surface area contributed by atoms with Crippen molar-refractivity contribution in [2.75, 3.05) is 39.5 Å². The molecule has 1 aromatic carbocycles.